The first-order valence-electron chi connectivity index (χ1n) is 10.7. The Kier molecular flexibility index (Phi) is 7.42. The number of nitrogens with two attached hydrogens (primary N) is 3. The number of hydrogen-bond donors (Lipinski definition) is 5. The Morgan fingerprint density at radius 1 is 1.50 bits per heavy atom. The first kappa shape index (κ1) is 27.1. The van der Waals surface area contributed by atoms with Crippen molar-refractivity contribution in [3.05, 3.63) is 34.1 Å². The fraction of sp³-hybridized carbons (Fsp3) is 0.286. The number of aliphatic carboxylic acids is 1. The van der Waals surface area contributed by atoms with Crippen LogP contribution in [0.25, 0.3) is 0 Å². The number of carboxylic acids is 1. The highest BCUT2D eigenvalue weighted by Crippen LogP contribution is 2.47. The maximum atomic E-state index is 13.5. The van der Waals surface area contributed by atoms with Gasteiger partial charge < -0.3 is 37.4 Å². The Hall–Kier alpha value is -3.98. The van der Waals surface area contributed by atoms with Gasteiger partial charge in [-0.1, -0.05) is 23.3 Å². The van der Waals surface area contributed by atoms with Crippen molar-refractivity contribution >= 4 is 75.3 Å². The highest BCUT2D eigenvalue weighted by atomic mass is 32.2. The third-order valence-corrected chi connectivity index (χ3v) is 8.18. The van der Waals surface area contributed by atoms with Crippen LogP contribution in [-0.2, 0) is 19.2 Å². The van der Waals surface area contributed by atoms with Crippen molar-refractivity contribution in [1.82, 2.24) is 20.1 Å². The van der Waals surface area contributed by atoms with Gasteiger partial charge in [0.15, 0.2) is 28.9 Å². The second-order valence-corrected chi connectivity index (χ2v) is 10.2. The summed E-state index contributed by atoms with van der Waals surface area (Å²) in [4.78, 5) is 54.9. The van der Waals surface area contributed by atoms with Gasteiger partial charge in [0, 0.05) is 29.1 Å². The van der Waals surface area contributed by atoms with Crippen LogP contribution in [-0.4, -0.2) is 91.2 Å². The van der Waals surface area contributed by atoms with Gasteiger partial charge in [0.05, 0.1) is 5.70 Å². The maximum Gasteiger partial charge on any atom is 0.353 e. The van der Waals surface area contributed by atoms with Crippen molar-refractivity contribution in [3.8, 4) is 12.3 Å². The molecule has 38 heavy (non-hydrogen) atoms. The van der Waals surface area contributed by atoms with Gasteiger partial charge >= 0.3 is 5.97 Å². The number of fused-ring (bicyclic) bond motifs is 1. The van der Waals surface area contributed by atoms with E-state index in [1.54, 1.807) is 13.1 Å². The summed E-state index contributed by atoms with van der Waals surface area (Å²) < 4.78 is 0. The lowest BCUT2D eigenvalue weighted by molar-refractivity contribution is -0.153. The number of guanidine groups is 1. The summed E-state index contributed by atoms with van der Waals surface area (Å²) in [6.07, 6.45) is 6.08. The van der Waals surface area contributed by atoms with E-state index in [9.17, 15) is 19.5 Å². The highest BCUT2D eigenvalue weighted by Gasteiger charge is 2.65. The molecule has 14 nitrogen and oxygen atoms in total. The lowest BCUT2D eigenvalue weighted by Gasteiger charge is -2.55. The van der Waals surface area contributed by atoms with Crippen LogP contribution >= 0.6 is 35.3 Å². The number of carbonyl (C=O) groups is 3. The van der Waals surface area contributed by atoms with E-state index in [4.69, 9.17) is 40.7 Å². The SMILES string of the molecule is C#CCO/N=C(\C(=O)N[C@@]1(C=S)C(=O)N2C(C(=O)O)=C(C3=CC(N)N(C)C(N)=N3)CS[C@@H]21)c1csc(N)n1. The van der Waals surface area contributed by atoms with E-state index in [2.05, 4.69) is 26.4 Å². The Morgan fingerprint density at radius 2 is 2.24 bits per heavy atom. The van der Waals surface area contributed by atoms with Gasteiger partial charge in [-0.25, -0.2) is 14.8 Å². The lowest BCUT2D eigenvalue weighted by atomic mass is 9.87. The molecule has 0 aliphatic carbocycles. The standard InChI is InChI=1S/C21H21N9O5S3/c1-3-4-35-28-13(11-7-38-20(24)26-11)15(31)27-21(8-36)17(34)30-14(16(32)33)9(6-37-18(21)30)10-5-12(22)29(2)19(23)25-10/h1,5,7-8,12,18H,4,6,22H2,2H3,(H2,23,25)(H2,24,26)(H,27,31)(H,32,33)/b28-13-/t12?,18-,21+/m1/s1. The molecule has 0 spiro atoms. The van der Waals surface area contributed by atoms with E-state index >= 15 is 0 Å². The van der Waals surface area contributed by atoms with E-state index in [-0.39, 0.29) is 51.8 Å². The quantitative estimate of drug-likeness (QED) is 0.0605. The van der Waals surface area contributed by atoms with Gasteiger partial charge in [-0.15, -0.1) is 29.5 Å². The molecule has 0 bridgehead atoms. The Bertz CT molecular complexity index is 1390. The second kappa shape index (κ2) is 10.4. The zero-order valence-corrected chi connectivity index (χ0v) is 22.1. The topological polar surface area (TPSA) is 215 Å². The fourth-order valence-electron chi connectivity index (χ4n) is 3.85. The minimum absolute atomic E-state index is 0.0934. The summed E-state index contributed by atoms with van der Waals surface area (Å²) in [6, 6.07) is 0. The summed E-state index contributed by atoms with van der Waals surface area (Å²) in [5.74, 6) is -0.554. The minimum Gasteiger partial charge on any atom is -0.477 e. The molecule has 17 heteroatoms. The number of hydrogen-bond acceptors (Lipinski definition) is 14. The number of thioether (sulfide) groups is 1. The van der Waals surface area contributed by atoms with E-state index in [0.717, 1.165) is 21.6 Å². The predicted octanol–water partition coefficient (Wildman–Crippen LogP) is -1.38. The highest BCUT2D eigenvalue weighted by molar-refractivity contribution is 8.00. The van der Waals surface area contributed by atoms with Crippen LogP contribution in [0.5, 0.6) is 0 Å². The summed E-state index contributed by atoms with van der Waals surface area (Å²) >= 11 is 7.40. The van der Waals surface area contributed by atoms with Crippen molar-refractivity contribution in [1.29, 1.82) is 0 Å². The summed E-state index contributed by atoms with van der Waals surface area (Å²) in [5.41, 5.74) is 15.9. The molecule has 1 aromatic rings. The average molecular weight is 576 g/mol. The first-order valence-corrected chi connectivity index (χ1v) is 13.1. The van der Waals surface area contributed by atoms with Crippen molar-refractivity contribution in [2.24, 2.45) is 21.6 Å². The number of amides is 2. The number of thiazole rings is 1. The van der Waals surface area contributed by atoms with Gasteiger partial charge in [0.25, 0.3) is 11.8 Å². The number of terminal acetylenes is 1. The van der Waals surface area contributed by atoms with Gasteiger partial charge in [-0.3, -0.25) is 14.5 Å². The molecule has 8 N–H and O–H groups in total. The first-order chi connectivity index (χ1) is 18.0. The molecule has 3 aliphatic heterocycles. The number of β-lactam (4-membered cyclic amide) rings is 1. The molecule has 1 unspecified atom stereocenters. The molecule has 1 fully saturated rings. The zero-order valence-electron chi connectivity index (χ0n) is 19.7. The zero-order chi connectivity index (χ0) is 27.8. The molecule has 0 radical (unpaired) electrons. The number of likely N-dealkylation sites (N-methyl/N-ethyl adjacent to an activating group) is 1. The molecule has 2 amide bonds. The molecule has 1 aromatic heterocycles. The van der Waals surface area contributed by atoms with Gasteiger partial charge in [-0.2, -0.15) is 0 Å². The molecular formula is C21H21N9O5S3. The molecule has 0 saturated carbocycles. The van der Waals surface area contributed by atoms with Crippen LogP contribution in [0.3, 0.4) is 0 Å². The number of oxime groups is 1. The van der Waals surface area contributed by atoms with E-state index in [1.165, 1.54) is 22.0 Å². The van der Waals surface area contributed by atoms with E-state index in [1.807, 2.05) is 0 Å². The van der Waals surface area contributed by atoms with Gasteiger partial charge in [0.2, 0.25) is 0 Å². The molecule has 1 saturated heterocycles. The predicted molar refractivity (Wildman–Crippen MR) is 146 cm³/mol. The number of aromatic nitrogens is 1. The van der Waals surface area contributed by atoms with Crippen LogP contribution < -0.4 is 22.5 Å². The second-order valence-electron chi connectivity index (χ2n) is 8.02. The van der Waals surface area contributed by atoms with Gasteiger partial charge in [-0.05, 0) is 6.08 Å². The Balaban J connectivity index is 1.67. The summed E-state index contributed by atoms with van der Waals surface area (Å²) in [7, 11) is 1.64. The van der Waals surface area contributed by atoms with Crippen molar-refractivity contribution in [3.63, 3.8) is 0 Å². The molecular weight excluding hydrogens is 554 g/mol. The summed E-state index contributed by atoms with van der Waals surface area (Å²) in [5, 5.41) is 18.2. The number of thiocarbonyl (C=S) groups is 1. The van der Waals surface area contributed by atoms with Crippen LogP contribution in [0, 0.1) is 12.3 Å². The van der Waals surface area contributed by atoms with Crippen LogP contribution in [0.15, 0.2) is 38.6 Å². The molecule has 0 aromatic carbocycles. The molecule has 198 valence electrons. The normalized spacial score (nSPS) is 25.0. The van der Waals surface area contributed by atoms with E-state index < -0.39 is 34.9 Å². The van der Waals surface area contributed by atoms with Gasteiger partial charge in [0.1, 0.15) is 22.9 Å². The largest absolute Gasteiger partial charge is 0.477 e. The van der Waals surface area contributed by atoms with Crippen molar-refractivity contribution < 1.29 is 24.3 Å². The number of nitrogen functional groups attached to an aromatic ring is 1. The van der Waals surface area contributed by atoms with Crippen LogP contribution in [0.1, 0.15) is 5.69 Å². The third-order valence-electron chi connectivity index (χ3n) is 5.78. The fourth-order valence-corrected chi connectivity index (χ4v) is 6.22. The van der Waals surface area contributed by atoms with Crippen LogP contribution in [0.2, 0.25) is 0 Å². The Labute approximate surface area is 229 Å². The molecule has 3 atom stereocenters. The monoisotopic (exact) mass is 575 g/mol. The Morgan fingerprint density at radius 3 is 2.82 bits per heavy atom. The van der Waals surface area contributed by atoms with Crippen LogP contribution in [0.4, 0.5) is 5.13 Å². The summed E-state index contributed by atoms with van der Waals surface area (Å²) in [6.45, 7) is -0.224. The lowest BCUT2D eigenvalue weighted by Crippen LogP contribution is -2.81. The average Bonchev–Trinajstić information content (AvgIpc) is 3.32. The molecule has 4 heterocycles. The number of aliphatic imine (C=N–C) groups is 1. The number of anilines is 1. The number of nitrogens with one attached hydrogen (secondary N) is 1. The number of nitrogens with zero attached hydrogens (tertiary/aromatic N) is 5. The van der Waals surface area contributed by atoms with Crippen molar-refractivity contribution in [2.45, 2.75) is 17.1 Å². The molecule has 3 aliphatic rings. The molecule has 4 rings (SSSR count). The minimum atomic E-state index is -1.72. The third kappa shape index (κ3) is 4.47. The number of allylic oxidation sites excluding steroid dienone is 1. The maximum absolute atomic E-state index is 13.5. The number of carbonyl (C=O) groups excluding carboxylic acids is 2. The number of rotatable bonds is 8. The smallest absolute Gasteiger partial charge is 0.353 e. The van der Waals surface area contributed by atoms with E-state index in [0.29, 0.717) is 0 Å². The number of carboxylic acid groups (broad SMARTS) is 1. The van der Waals surface area contributed by atoms with Crippen molar-refractivity contribution in [2.75, 3.05) is 25.1 Å².